The highest BCUT2D eigenvalue weighted by molar-refractivity contribution is 7.09. The number of rotatable bonds is 6. The number of nitrogens with zero attached hydrogens (tertiary/aromatic N) is 1. The average molecular weight is 471 g/mol. The second-order valence-corrected chi connectivity index (χ2v) is 7.77. The summed E-state index contributed by atoms with van der Waals surface area (Å²) in [4.78, 5) is 28.2. The van der Waals surface area contributed by atoms with Crippen molar-refractivity contribution in [2.24, 2.45) is 0 Å². The van der Waals surface area contributed by atoms with Crippen LogP contribution in [0.5, 0.6) is 0 Å². The van der Waals surface area contributed by atoms with Crippen LogP contribution in [0.1, 0.15) is 33.2 Å². The molecular weight excluding hydrogens is 454 g/mol. The Balaban J connectivity index is 1.78. The quantitative estimate of drug-likeness (QED) is 0.459. The molecule has 7 nitrogen and oxygen atoms in total. The molecule has 0 aliphatic heterocycles. The lowest BCUT2D eigenvalue weighted by atomic mass is 9.99. The molecular formula is C20H17F4N3O4S. The summed E-state index contributed by atoms with van der Waals surface area (Å²) in [5.41, 5.74) is -3.47. The van der Waals surface area contributed by atoms with Crippen molar-refractivity contribution in [3.8, 4) is 0 Å². The number of aliphatic hydroxyl groups is 1. The van der Waals surface area contributed by atoms with Crippen LogP contribution < -0.4 is 10.6 Å². The van der Waals surface area contributed by atoms with E-state index in [1.54, 1.807) is 0 Å². The van der Waals surface area contributed by atoms with Gasteiger partial charge in [0.15, 0.2) is 0 Å². The lowest BCUT2D eigenvalue weighted by Crippen LogP contribution is -2.45. The summed E-state index contributed by atoms with van der Waals surface area (Å²) in [6.45, 7) is 2.99. The van der Waals surface area contributed by atoms with Crippen LogP contribution >= 0.6 is 11.3 Å². The number of thiazole rings is 1. The van der Waals surface area contributed by atoms with Crippen molar-refractivity contribution in [3.63, 3.8) is 0 Å². The number of anilines is 2. The van der Waals surface area contributed by atoms with Crippen LogP contribution in [0.25, 0.3) is 0 Å². The van der Waals surface area contributed by atoms with Gasteiger partial charge in [-0.2, -0.15) is 13.2 Å². The molecule has 2 aromatic heterocycles. The second-order valence-electron chi connectivity index (χ2n) is 6.92. The minimum Gasteiger partial charge on any atom is -0.469 e. The van der Waals surface area contributed by atoms with E-state index in [2.05, 4.69) is 15.6 Å². The number of carbonyl (C=O) groups excluding carboxylic acids is 2. The molecule has 0 bridgehead atoms. The van der Waals surface area contributed by atoms with Gasteiger partial charge in [-0.15, -0.1) is 11.3 Å². The summed E-state index contributed by atoms with van der Waals surface area (Å²) in [5, 5.41) is 15.4. The SMILES string of the molecule is Cc1csc(C(O)(CC(=O)Nc2ccc(F)c(NC(=O)c3ccoc3C)c2)C(F)(F)F)n1. The van der Waals surface area contributed by atoms with Gasteiger partial charge in [-0.25, -0.2) is 9.37 Å². The van der Waals surface area contributed by atoms with Crippen molar-refractivity contribution in [2.75, 3.05) is 10.6 Å². The molecule has 0 spiro atoms. The number of nitrogens with one attached hydrogen (secondary N) is 2. The number of benzene rings is 1. The summed E-state index contributed by atoms with van der Waals surface area (Å²) < 4.78 is 59.8. The number of amides is 2. The molecule has 12 heteroatoms. The van der Waals surface area contributed by atoms with Crippen LogP contribution in [0.15, 0.2) is 40.3 Å². The third kappa shape index (κ3) is 4.81. The normalized spacial score (nSPS) is 13.5. The molecule has 1 aromatic carbocycles. The molecule has 1 atom stereocenters. The highest BCUT2D eigenvalue weighted by atomic mass is 32.1. The average Bonchev–Trinajstić information content (AvgIpc) is 3.31. The summed E-state index contributed by atoms with van der Waals surface area (Å²) >= 11 is 0.577. The number of hydrogen-bond acceptors (Lipinski definition) is 6. The Bertz CT molecular complexity index is 1160. The molecule has 0 saturated heterocycles. The van der Waals surface area contributed by atoms with Gasteiger partial charge in [0.25, 0.3) is 5.91 Å². The van der Waals surface area contributed by atoms with Crippen LogP contribution in [-0.2, 0) is 10.4 Å². The molecule has 0 aliphatic rings. The Morgan fingerprint density at radius 3 is 2.47 bits per heavy atom. The van der Waals surface area contributed by atoms with Gasteiger partial charge >= 0.3 is 6.18 Å². The smallest absolute Gasteiger partial charge is 0.424 e. The molecule has 3 aromatic rings. The number of alkyl halides is 3. The van der Waals surface area contributed by atoms with Crippen LogP contribution in [0, 0.1) is 19.7 Å². The van der Waals surface area contributed by atoms with E-state index in [0.29, 0.717) is 17.1 Å². The third-order valence-electron chi connectivity index (χ3n) is 4.46. The highest BCUT2D eigenvalue weighted by Crippen LogP contribution is 2.43. The maximum atomic E-state index is 14.1. The summed E-state index contributed by atoms with van der Waals surface area (Å²) in [6, 6.07) is 4.45. The Kier molecular flexibility index (Phi) is 6.37. The van der Waals surface area contributed by atoms with Crippen molar-refractivity contribution >= 4 is 34.5 Å². The Morgan fingerprint density at radius 2 is 1.91 bits per heavy atom. The van der Waals surface area contributed by atoms with E-state index >= 15 is 0 Å². The molecule has 0 saturated carbocycles. The van der Waals surface area contributed by atoms with Crippen molar-refractivity contribution in [2.45, 2.75) is 32.0 Å². The third-order valence-corrected chi connectivity index (χ3v) is 5.57. The fraction of sp³-hybridized carbons (Fsp3) is 0.250. The van der Waals surface area contributed by atoms with Crippen molar-refractivity contribution in [1.82, 2.24) is 4.98 Å². The van der Waals surface area contributed by atoms with Gasteiger partial charge in [0, 0.05) is 16.8 Å². The van der Waals surface area contributed by atoms with Gasteiger partial charge in [0.2, 0.25) is 11.5 Å². The van der Waals surface area contributed by atoms with Gasteiger partial charge in [-0.05, 0) is 38.1 Å². The molecule has 0 radical (unpaired) electrons. The monoisotopic (exact) mass is 471 g/mol. The lowest BCUT2D eigenvalue weighted by Gasteiger charge is -2.27. The number of aryl methyl sites for hydroxylation is 2. The van der Waals surface area contributed by atoms with Gasteiger partial charge < -0.3 is 20.2 Å². The molecule has 170 valence electrons. The first-order valence-corrected chi connectivity index (χ1v) is 9.95. The van der Waals surface area contributed by atoms with Crippen molar-refractivity contribution in [1.29, 1.82) is 0 Å². The molecule has 2 heterocycles. The van der Waals surface area contributed by atoms with E-state index in [4.69, 9.17) is 4.42 Å². The van der Waals surface area contributed by atoms with E-state index in [0.717, 1.165) is 18.2 Å². The Labute approximate surface area is 183 Å². The topological polar surface area (TPSA) is 104 Å². The summed E-state index contributed by atoms with van der Waals surface area (Å²) in [6.07, 6.45) is -5.25. The number of halogens is 4. The van der Waals surface area contributed by atoms with E-state index in [9.17, 15) is 32.3 Å². The standard InChI is InChI=1S/C20H17F4N3O4S/c1-10-9-32-18(25-10)19(30,20(22,23)24)8-16(28)26-12-3-4-14(21)15(7-12)27-17(29)13-5-6-31-11(13)2/h3-7,9,30H,8H2,1-2H3,(H,26,28)(H,27,29). The van der Waals surface area contributed by atoms with Crippen LogP contribution in [0.2, 0.25) is 0 Å². The molecule has 3 N–H and O–H groups in total. The number of hydrogen-bond donors (Lipinski definition) is 3. The first-order chi connectivity index (χ1) is 14.9. The van der Waals surface area contributed by atoms with Crippen LogP contribution in [0.4, 0.5) is 28.9 Å². The van der Waals surface area contributed by atoms with Crippen molar-refractivity contribution < 1.29 is 36.7 Å². The van der Waals surface area contributed by atoms with E-state index in [1.807, 2.05) is 0 Å². The predicted molar refractivity (Wildman–Crippen MR) is 108 cm³/mol. The molecule has 2 amide bonds. The Morgan fingerprint density at radius 1 is 1.19 bits per heavy atom. The first-order valence-electron chi connectivity index (χ1n) is 9.07. The first kappa shape index (κ1) is 23.4. The minimum atomic E-state index is -5.17. The number of aromatic nitrogens is 1. The molecule has 1 unspecified atom stereocenters. The highest BCUT2D eigenvalue weighted by Gasteiger charge is 2.58. The zero-order chi connectivity index (χ0) is 23.7. The maximum absolute atomic E-state index is 14.1. The van der Waals surface area contributed by atoms with Gasteiger partial charge in [0.1, 0.15) is 16.6 Å². The summed E-state index contributed by atoms with van der Waals surface area (Å²) in [7, 11) is 0. The van der Waals surface area contributed by atoms with Crippen LogP contribution in [-0.4, -0.2) is 28.1 Å². The molecule has 0 aliphatic carbocycles. The van der Waals surface area contributed by atoms with Gasteiger partial charge in [-0.1, -0.05) is 0 Å². The number of furan rings is 1. The summed E-state index contributed by atoms with van der Waals surface area (Å²) in [5.74, 6) is -2.39. The van der Waals surface area contributed by atoms with Gasteiger partial charge in [0.05, 0.1) is 23.9 Å². The minimum absolute atomic E-state index is 0.0875. The molecule has 3 rings (SSSR count). The lowest BCUT2D eigenvalue weighted by molar-refractivity contribution is -0.266. The number of carbonyl (C=O) groups is 2. The fourth-order valence-electron chi connectivity index (χ4n) is 2.79. The van der Waals surface area contributed by atoms with Gasteiger partial charge in [-0.3, -0.25) is 9.59 Å². The zero-order valence-electron chi connectivity index (χ0n) is 16.7. The zero-order valence-corrected chi connectivity index (χ0v) is 17.5. The van der Waals surface area contributed by atoms with Crippen LogP contribution in [0.3, 0.4) is 0 Å². The van der Waals surface area contributed by atoms with E-state index < -0.39 is 40.8 Å². The van der Waals surface area contributed by atoms with E-state index in [1.165, 1.54) is 31.6 Å². The maximum Gasteiger partial charge on any atom is 0.424 e. The molecule has 0 fully saturated rings. The molecule has 32 heavy (non-hydrogen) atoms. The van der Waals surface area contributed by atoms with E-state index in [-0.39, 0.29) is 22.6 Å². The largest absolute Gasteiger partial charge is 0.469 e. The second kappa shape index (κ2) is 8.71. The van der Waals surface area contributed by atoms with Crippen molar-refractivity contribution in [3.05, 3.63) is 63.8 Å². The predicted octanol–water partition coefficient (Wildman–Crippen LogP) is 4.52. The Hall–Kier alpha value is -3.25. The fourth-order valence-corrected chi connectivity index (χ4v) is 3.70.